The molecule has 0 atom stereocenters. The van der Waals surface area contributed by atoms with Gasteiger partial charge in [-0.3, -0.25) is 4.79 Å². The maximum Gasteiger partial charge on any atom is 0.251 e. The van der Waals surface area contributed by atoms with Crippen LogP contribution in [0.2, 0.25) is 0 Å². The van der Waals surface area contributed by atoms with Gasteiger partial charge in [-0.15, -0.1) is 0 Å². The zero-order valence-electron chi connectivity index (χ0n) is 20.1. The first-order chi connectivity index (χ1) is 15.8. The smallest absolute Gasteiger partial charge is 0.251 e. The molecule has 0 saturated carbocycles. The van der Waals surface area contributed by atoms with Crippen molar-refractivity contribution in [2.45, 2.75) is 51.2 Å². The molecule has 0 aliphatic rings. The SMILES string of the molecule is CCCSc1nc(NCCOC)c2cnn(CCNC(=O)c3ccc(C(C)(C)C)cc3)c2n1. The van der Waals surface area contributed by atoms with Crippen LogP contribution >= 0.6 is 11.8 Å². The molecule has 8 nitrogen and oxygen atoms in total. The van der Waals surface area contributed by atoms with E-state index in [4.69, 9.17) is 9.72 Å². The molecule has 1 amide bonds. The molecular formula is C24H34N6O2S. The van der Waals surface area contributed by atoms with Gasteiger partial charge in [-0.1, -0.05) is 51.6 Å². The molecule has 0 aliphatic carbocycles. The van der Waals surface area contributed by atoms with E-state index in [0.29, 0.717) is 37.0 Å². The van der Waals surface area contributed by atoms with Crippen LogP contribution < -0.4 is 10.6 Å². The summed E-state index contributed by atoms with van der Waals surface area (Å²) in [6, 6.07) is 7.78. The Hall–Kier alpha value is -2.65. The molecule has 2 N–H and O–H groups in total. The molecule has 33 heavy (non-hydrogen) atoms. The van der Waals surface area contributed by atoms with E-state index in [2.05, 4.69) is 48.4 Å². The number of rotatable bonds is 11. The van der Waals surface area contributed by atoms with Crippen molar-refractivity contribution < 1.29 is 9.53 Å². The summed E-state index contributed by atoms with van der Waals surface area (Å²) in [5.41, 5.74) is 2.67. The van der Waals surface area contributed by atoms with Gasteiger partial charge in [0, 0.05) is 31.5 Å². The second-order valence-corrected chi connectivity index (χ2v) is 9.87. The number of carbonyl (C=O) groups excluding carboxylic acids is 1. The maximum absolute atomic E-state index is 12.6. The average Bonchev–Trinajstić information content (AvgIpc) is 3.20. The number of benzene rings is 1. The molecule has 3 rings (SSSR count). The fourth-order valence-corrected chi connectivity index (χ4v) is 3.96. The lowest BCUT2D eigenvalue weighted by Gasteiger charge is -2.19. The van der Waals surface area contributed by atoms with Gasteiger partial charge in [-0.2, -0.15) is 5.10 Å². The number of aromatic nitrogens is 4. The van der Waals surface area contributed by atoms with Crippen molar-refractivity contribution in [2.75, 3.05) is 37.9 Å². The van der Waals surface area contributed by atoms with Crippen molar-refractivity contribution in [1.82, 2.24) is 25.1 Å². The van der Waals surface area contributed by atoms with Crippen molar-refractivity contribution in [3.63, 3.8) is 0 Å². The first kappa shape index (κ1) is 25.0. The molecule has 2 aromatic heterocycles. The minimum absolute atomic E-state index is 0.0591. The summed E-state index contributed by atoms with van der Waals surface area (Å²) in [7, 11) is 1.67. The highest BCUT2D eigenvalue weighted by atomic mass is 32.2. The number of anilines is 1. The lowest BCUT2D eigenvalue weighted by atomic mass is 9.87. The number of hydrogen-bond acceptors (Lipinski definition) is 7. The first-order valence-corrected chi connectivity index (χ1v) is 12.3. The summed E-state index contributed by atoms with van der Waals surface area (Å²) in [4.78, 5) is 22.0. The molecule has 3 aromatic rings. The number of methoxy groups -OCH3 is 1. The Morgan fingerprint density at radius 1 is 1.15 bits per heavy atom. The Kier molecular flexibility index (Phi) is 8.68. The van der Waals surface area contributed by atoms with Crippen LogP contribution in [-0.2, 0) is 16.7 Å². The normalized spacial score (nSPS) is 11.7. The molecule has 1 aromatic carbocycles. The van der Waals surface area contributed by atoms with Gasteiger partial charge >= 0.3 is 0 Å². The Morgan fingerprint density at radius 2 is 1.91 bits per heavy atom. The van der Waals surface area contributed by atoms with Gasteiger partial charge in [-0.25, -0.2) is 14.6 Å². The quantitative estimate of drug-likeness (QED) is 0.247. The molecule has 0 aliphatic heterocycles. The van der Waals surface area contributed by atoms with Crippen LogP contribution in [0, 0.1) is 0 Å². The molecule has 0 saturated heterocycles. The number of nitrogens with one attached hydrogen (secondary N) is 2. The summed E-state index contributed by atoms with van der Waals surface area (Å²) < 4.78 is 6.96. The van der Waals surface area contributed by atoms with Gasteiger partial charge in [0.15, 0.2) is 10.8 Å². The van der Waals surface area contributed by atoms with E-state index in [1.54, 1.807) is 25.1 Å². The Balaban J connectivity index is 1.69. The Morgan fingerprint density at radius 3 is 2.58 bits per heavy atom. The second kappa shape index (κ2) is 11.5. The van der Waals surface area contributed by atoms with Crippen LogP contribution in [0.4, 0.5) is 5.82 Å². The number of ether oxygens (including phenoxy) is 1. The lowest BCUT2D eigenvalue weighted by molar-refractivity contribution is 0.0952. The molecule has 0 unspecified atom stereocenters. The molecule has 0 spiro atoms. The zero-order chi connectivity index (χ0) is 23.8. The standard InChI is InChI=1S/C24H34N6O2S/c1-6-15-33-23-28-20(25-12-14-32-5)19-16-27-30(21(19)29-23)13-11-26-22(31)17-7-9-18(10-8-17)24(2,3)4/h7-10,16H,6,11-15H2,1-5H3,(H,26,31)(H,25,28,29). The maximum atomic E-state index is 12.6. The number of amides is 1. The highest BCUT2D eigenvalue weighted by Gasteiger charge is 2.15. The third-order valence-electron chi connectivity index (χ3n) is 5.13. The van der Waals surface area contributed by atoms with E-state index in [1.807, 2.05) is 28.9 Å². The number of thioether (sulfide) groups is 1. The lowest BCUT2D eigenvalue weighted by Crippen LogP contribution is -2.27. The van der Waals surface area contributed by atoms with E-state index in [0.717, 1.165) is 29.0 Å². The Labute approximate surface area is 199 Å². The van der Waals surface area contributed by atoms with Gasteiger partial charge in [0.25, 0.3) is 5.91 Å². The minimum Gasteiger partial charge on any atom is -0.383 e. The van der Waals surface area contributed by atoms with Crippen LogP contribution in [0.15, 0.2) is 35.6 Å². The molecule has 0 bridgehead atoms. The van der Waals surface area contributed by atoms with E-state index in [9.17, 15) is 4.79 Å². The molecular weight excluding hydrogens is 436 g/mol. The monoisotopic (exact) mass is 470 g/mol. The van der Waals surface area contributed by atoms with E-state index < -0.39 is 0 Å². The fourth-order valence-electron chi connectivity index (χ4n) is 3.26. The van der Waals surface area contributed by atoms with Crippen LogP contribution in [-0.4, -0.2) is 58.2 Å². The Bertz CT molecular complexity index is 1060. The van der Waals surface area contributed by atoms with Crippen LogP contribution in [0.1, 0.15) is 50.0 Å². The van der Waals surface area contributed by atoms with Crippen LogP contribution in [0.5, 0.6) is 0 Å². The van der Waals surface area contributed by atoms with Crippen LogP contribution in [0.25, 0.3) is 11.0 Å². The predicted molar refractivity (Wildman–Crippen MR) is 134 cm³/mol. The van der Waals surface area contributed by atoms with Gasteiger partial charge in [0.1, 0.15) is 5.82 Å². The number of carbonyl (C=O) groups is 1. The average molecular weight is 471 g/mol. The summed E-state index contributed by atoms with van der Waals surface area (Å²) in [5, 5.41) is 12.4. The fraction of sp³-hybridized carbons (Fsp3) is 0.500. The first-order valence-electron chi connectivity index (χ1n) is 11.3. The second-order valence-electron chi connectivity index (χ2n) is 8.81. The molecule has 178 valence electrons. The van der Waals surface area contributed by atoms with Crippen LogP contribution in [0.3, 0.4) is 0 Å². The summed E-state index contributed by atoms with van der Waals surface area (Å²) in [6.07, 6.45) is 2.81. The summed E-state index contributed by atoms with van der Waals surface area (Å²) >= 11 is 1.63. The topological polar surface area (TPSA) is 94.0 Å². The molecule has 9 heteroatoms. The number of nitrogens with zero attached hydrogens (tertiary/aromatic N) is 4. The summed E-state index contributed by atoms with van der Waals surface area (Å²) in [6.45, 7) is 10.8. The van der Waals surface area contributed by atoms with Gasteiger partial charge in [0.2, 0.25) is 0 Å². The van der Waals surface area contributed by atoms with Gasteiger partial charge in [0.05, 0.1) is 24.7 Å². The zero-order valence-corrected chi connectivity index (χ0v) is 21.0. The number of fused-ring (bicyclic) bond motifs is 1. The van der Waals surface area contributed by atoms with Crippen molar-refractivity contribution in [2.24, 2.45) is 0 Å². The van der Waals surface area contributed by atoms with E-state index in [1.165, 1.54) is 5.56 Å². The minimum atomic E-state index is -0.0948. The van der Waals surface area contributed by atoms with Gasteiger partial charge < -0.3 is 15.4 Å². The highest BCUT2D eigenvalue weighted by Crippen LogP contribution is 2.25. The molecule has 2 heterocycles. The van der Waals surface area contributed by atoms with Gasteiger partial charge in [-0.05, 0) is 29.5 Å². The largest absolute Gasteiger partial charge is 0.383 e. The van der Waals surface area contributed by atoms with E-state index in [-0.39, 0.29) is 11.3 Å². The summed E-state index contributed by atoms with van der Waals surface area (Å²) in [5.74, 6) is 1.61. The van der Waals surface area contributed by atoms with Crippen molar-refractivity contribution in [3.05, 3.63) is 41.6 Å². The number of hydrogen-bond donors (Lipinski definition) is 2. The molecule has 0 fully saturated rings. The van der Waals surface area contributed by atoms with E-state index >= 15 is 0 Å². The van der Waals surface area contributed by atoms with Crippen molar-refractivity contribution in [3.8, 4) is 0 Å². The third-order valence-corrected chi connectivity index (χ3v) is 6.19. The highest BCUT2D eigenvalue weighted by molar-refractivity contribution is 7.99. The molecule has 0 radical (unpaired) electrons. The predicted octanol–water partition coefficient (Wildman–Crippen LogP) is 4.11. The third kappa shape index (κ3) is 6.68. The van der Waals surface area contributed by atoms with Crippen molar-refractivity contribution in [1.29, 1.82) is 0 Å². The van der Waals surface area contributed by atoms with Crippen molar-refractivity contribution >= 4 is 34.5 Å².